The van der Waals surface area contributed by atoms with E-state index in [2.05, 4.69) is 15.5 Å². The van der Waals surface area contributed by atoms with Crippen LogP contribution in [-0.2, 0) is 24.4 Å². The lowest BCUT2D eigenvalue weighted by molar-refractivity contribution is -0.137. The van der Waals surface area contributed by atoms with Crippen LogP contribution in [0.5, 0.6) is 0 Å². The molecule has 0 saturated heterocycles. The third-order valence-corrected chi connectivity index (χ3v) is 2.91. The highest BCUT2D eigenvalue weighted by Crippen LogP contribution is 2.01. The first-order chi connectivity index (χ1) is 10.1. The molecule has 8 nitrogen and oxygen atoms in total. The number of carboxylic acid groups (broad SMARTS) is 1. The number of amides is 1. The third kappa shape index (κ3) is 4.16. The summed E-state index contributed by atoms with van der Waals surface area (Å²) < 4.78 is 3.23. The topological polar surface area (TPSA) is 102 Å². The van der Waals surface area contributed by atoms with Crippen LogP contribution < -0.4 is 5.32 Å². The molecule has 2 aromatic heterocycles. The molecule has 0 saturated carbocycles. The summed E-state index contributed by atoms with van der Waals surface area (Å²) in [6.45, 7) is 3.40. The Morgan fingerprint density at radius 2 is 2.00 bits per heavy atom. The Bertz CT molecular complexity index is 631. The molecule has 0 radical (unpaired) electrons. The zero-order valence-electron chi connectivity index (χ0n) is 11.7. The summed E-state index contributed by atoms with van der Waals surface area (Å²) in [7, 11) is 0. The number of nitrogens with zero attached hydrogens (tertiary/aromatic N) is 4. The fraction of sp³-hybridized carbons (Fsp3) is 0.385. The number of aliphatic carboxylic acids is 1. The lowest BCUT2D eigenvalue weighted by Crippen LogP contribution is -2.22. The molecule has 0 bridgehead atoms. The summed E-state index contributed by atoms with van der Waals surface area (Å²) in [6.07, 6.45) is 6.51. The highest BCUT2D eigenvalue weighted by atomic mass is 16.4. The van der Waals surface area contributed by atoms with Crippen LogP contribution >= 0.6 is 0 Å². The second-order valence-corrected chi connectivity index (χ2v) is 4.52. The average Bonchev–Trinajstić information content (AvgIpc) is 3.11. The maximum absolute atomic E-state index is 11.9. The second-order valence-electron chi connectivity index (χ2n) is 4.52. The largest absolute Gasteiger partial charge is 0.481 e. The molecule has 21 heavy (non-hydrogen) atoms. The lowest BCUT2D eigenvalue weighted by atomic mass is 10.3. The van der Waals surface area contributed by atoms with E-state index in [0.717, 1.165) is 12.1 Å². The summed E-state index contributed by atoms with van der Waals surface area (Å²) in [4.78, 5) is 22.4. The molecule has 0 spiro atoms. The lowest BCUT2D eigenvalue weighted by Gasteiger charge is -2.01. The van der Waals surface area contributed by atoms with Gasteiger partial charge in [0, 0.05) is 31.0 Å². The first-order valence-corrected chi connectivity index (χ1v) is 6.62. The van der Waals surface area contributed by atoms with Gasteiger partial charge in [-0.15, -0.1) is 0 Å². The minimum absolute atomic E-state index is 0.0288. The van der Waals surface area contributed by atoms with Crippen molar-refractivity contribution in [1.82, 2.24) is 24.9 Å². The summed E-state index contributed by atoms with van der Waals surface area (Å²) in [5.41, 5.74) is 1.33. The van der Waals surface area contributed by atoms with E-state index in [9.17, 15) is 9.59 Å². The Labute approximate surface area is 121 Å². The molecule has 0 aliphatic heterocycles. The predicted molar refractivity (Wildman–Crippen MR) is 73.6 cm³/mol. The number of nitrogens with one attached hydrogen (secondary N) is 1. The van der Waals surface area contributed by atoms with Crippen LogP contribution in [0.3, 0.4) is 0 Å². The van der Waals surface area contributed by atoms with Crippen molar-refractivity contribution in [2.24, 2.45) is 0 Å². The van der Waals surface area contributed by atoms with Gasteiger partial charge < -0.3 is 10.4 Å². The molecule has 2 N–H and O–H groups in total. The van der Waals surface area contributed by atoms with E-state index in [1.165, 1.54) is 17.1 Å². The molecule has 112 valence electrons. The van der Waals surface area contributed by atoms with E-state index < -0.39 is 5.97 Å². The van der Waals surface area contributed by atoms with Gasteiger partial charge in [0.25, 0.3) is 5.91 Å². The smallest absolute Gasteiger partial charge is 0.305 e. The summed E-state index contributed by atoms with van der Waals surface area (Å²) in [5, 5.41) is 19.4. The van der Waals surface area contributed by atoms with Crippen molar-refractivity contribution in [3.63, 3.8) is 0 Å². The highest BCUT2D eigenvalue weighted by molar-refractivity contribution is 5.93. The molecule has 0 unspecified atom stereocenters. The first kappa shape index (κ1) is 14.8. The molecular weight excluding hydrogens is 274 g/mol. The Balaban J connectivity index is 1.86. The number of aryl methyl sites for hydroxylation is 2. The number of aromatic nitrogens is 4. The van der Waals surface area contributed by atoms with Gasteiger partial charge in [0.2, 0.25) is 0 Å². The van der Waals surface area contributed by atoms with Crippen LogP contribution in [0.1, 0.15) is 29.3 Å². The minimum Gasteiger partial charge on any atom is -0.481 e. The van der Waals surface area contributed by atoms with Crippen molar-refractivity contribution in [3.05, 3.63) is 35.9 Å². The maximum Gasteiger partial charge on any atom is 0.305 e. The Morgan fingerprint density at radius 3 is 2.67 bits per heavy atom. The number of hydrogen-bond acceptors (Lipinski definition) is 4. The molecule has 0 aliphatic carbocycles. The first-order valence-electron chi connectivity index (χ1n) is 6.62. The van der Waals surface area contributed by atoms with Gasteiger partial charge in [-0.05, 0) is 6.92 Å². The van der Waals surface area contributed by atoms with Gasteiger partial charge in [0.1, 0.15) is 0 Å². The van der Waals surface area contributed by atoms with E-state index >= 15 is 0 Å². The molecule has 0 aliphatic rings. The molecule has 2 rings (SSSR count). The fourth-order valence-electron chi connectivity index (χ4n) is 1.77. The molecular formula is C13H17N5O3. The third-order valence-electron chi connectivity index (χ3n) is 2.91. The molecule has 0 fully saturated rings. The zero-order valence-corrected chi connectivity index (χ0v) is 11.7. The molecule has 2 heterocycles. The van der Waals surface area contributed by atoms with Crippen molar-refractivity contribution in [2.45, 2.75) is 33.0 Å². The van der Waals surface area contributed by atoms with Crippen molar-refractivity contribution < 1.29 is 14.7 Å². The average molecular weight is 291 g/mol. The molecule has 0 aromatic carbocycles. The fourth-order valence-corrected chi connectivity index (χ4v) is 1.77. The number of carbonyl (C=O) groups is 2. The van der Waals surface area contributed by atoms with Crippen molar-refractivity contribution >= 4 is 11.9 Å². The second kappa shape index (κ2) is 6.69. The molecule has 0 atom stereocenters. The highest BCUT2D eigenvalue weighted by Gasteiger charge is 2.09. The van der Waals surface area contributed by atoms with Crippen molar-refractivity contribution in [1.29, 1.82) is 0 Å². The van der Waals surface area contributed by atoms with Gasteiger partial charge in [-0.1, -0.05) is 0 Å². The standard InChI is InChI=1S/C13H17N5O3/c1-2-17-8-10(6-15-17)5-14-13(21)11-7-16-18(9-11)4-3-12(19)20/h6-9H,2-5H2,1H3,(H,14,21)(H,19,20). The van der Waals surface area contributed by atoms with Crippen LogP contribution in [0.25, 0.3) is 0 Å². The van der Waals surface area contributed by atoms with Crippen LogP contribution in [0.15, 0.2) is 24.8 Å². The van der Waals surface area contributed by atoms with E-state index in [1.54, 1.807) is 10.9 Å². The Hall–Kier alpha value is -2.64. The predicted octanol–water partition coefficient (Wildman–Crippen LogP) is 0.504. The van der Waals surface area contributed by atoms with E-state index in [0.29, 0.717) is 12.1 Å². The molecule has 2 aromatic rings. The van der Waals surface area contributed by atoms with E-state index in [4.69, 9.17) is 5.11 Å². The van der Waals surface area contributed by atoms with Gasteiger partial charge >= 0.3 is 5.97 Å². The molecule has 8 heteroatoms. The molecule has 1 amide bonds. The Morgan fingerprint density at radius 1 is 1.24 bits per heavy atom. The summed E-state index contributed by atoms with van der Waals surface area (Å²) in [5.74, 6) is -1.15. The van der Waals surface area contributed by atoms with Gasteiger partial charge in [-0.2, -0.15) is 10.2 Å². The quantitative estimate of drug-likeness (QED) is 0.773. The van der Waals surface area contributed by atoms with Gasteiger partial charge in [0.05, 0.1) is 30.9 Å². The van der Waals surface area contributed by atoms with Gasteiger partial charge in [-0.3, -0.25) is 19.0 Å². The monoisotopic (exact) mass is 291 g/mol. The normalized spacial score (nSPS) is 10.5. The van der Waals surface area contributed by atoms with Crippen LogP contribution in [-0.4, -0.2) is 36.5 Å². The number of rotatable bonds is 7. The van der Waals surface area contributed by atoms with Crippen LogP contribution in [0.4, 0.5) is 0 Å². The number of carbonyl (C=O) groups excluding carboxylic acids is 1. The van der Waals surface area contributed by atoms with Gasteiger partial charge in [0.15, 0.2) is 0 Å². The maximum atomic E-state index is 11.9. The van der Waals surface area contributed by atoms with Crippen molar-refractivity contribution in [2.75, 3.05) is 0 Å². The van der Waals surface area contributed by atoms with Crippen molar-refractivity contribution in [3.8, 4) is 0 Å². The zero-order chi connectivity index (χ0) is 15.2. The SMILES string of the molecule is CCn1cc(CNC(=O)c2cnn(CCC(=O)O)c2)cn1. The van der Waals surface area contributed by atoms with E-state index in [-0.39, 0.29) is 18.9 Å². The van der Waals surface area contributed by atoms with E-state index in [1.807, 2.05) is 13.1 Å². The number of carboxylic acids is 1. The minimum atomic E-state index is -0.899. The summed E-state index contributed by atoms with van der Waals surface area (Å²) in [6, 6.07) is 0. The van der Waals surface area contributed by atoms with Crippen LogP contribution in [0, 0.1) is 0 Å². The Kier molecular flexibility index (Phi) is 4.70. The summed E-state index contributed by atoms with van der Waals surface area (Å²) >= 11 is 0. The number of hydrogen-bond donors (Lipinski definition) is 2. The van der Waals surface area contributed by atoms with Crippen LogP contribution in [0.2, 0.25) is 0 Å². The van der Waals surface area contributed by atoms with Gasteiger partial charge in [-0.25, -0.2) is 0 Å².